The maximum atomic E-state index is 14.0. The fourth-order valence-electron chi connectivity index (χ4n) is 3.17. The van der Waals surface area contributed by atoms with E-state index in [1.165, 1.54) is 18.2 Å². The van der Waals surface area contributed by atoms with Crippen LogP contribution in [0.15, 0.2) is 36.4 Å². The van der Waals surface area contributed by atoms with Gasteiger partial charge in [0, 0.05) is 29.8 Å². The fourth-order valence-corrected chi connectivity index (χ4v) is 3.17. The van der Waals surface area contributed by atoms with Gasteiger partial charge in [0.05, 0.1) is 5.52 Å². The molecule has 0 atom stereocenters. The van der Waals surface area contributed by atoms with Gasteiger partial charge in [0.15, 0.2) is 0 Å². The number of aryl methyl sites for hydroxylation is 2. The summed E-state index contributed by atoms with van der Waals surface area (Å²) < 4.78 is 40.2. The second-order valence-electron chi connectivity index (χ2n) is 6.42. The topological polar surface area (TPSA) is 44.9 Å². The molecule has 6 heteroatoms. The van der Waals surface area contributed by atoms with E-state index in [2.05, 4.69) is 10.3 Å². The Morgan fingerprint density at radius 1 is 1.11 bits per heavy atom. The van der Waals surface area contributed by atoms with Crippen molar-refractivity contribution in [2.24, 2.45) is 0 Å². The SMILES string of the molecule is Cc1[nH]c2c(F)ccc(C)c2c1CCNC(=O)C=Cc1cc(F)cc(F)c1. The van der Waals surface area contributed by atoms with Gasteiger partial charge < -0.3 is 10.3 Å². The van der Waals surface area contributed by atoms with Crippen molar-refractivity contribution in [3.8, 4) is 0 Å². The van der Waals surface area contributed by atoms with Crippen LogP contribution in [0.2, 0.25) is 0 Å². The van der Waals surface area contributed by atoms with Crippen LogP contribution in [0.1, 0.15) is 22.4 Å². The molecule has 0 fully saturated rings. The van der Waals surface area contributed by atoms with E-state index in [9.17, 15) is 18.0 Å². The summed E-state index contributed by atoms with van der Waals surface area (Å²) in [5.74, 6) is -2.08. The highest BCUT2D eigenvalue weighted by molar-refractivity contribution is 5.92. The van der Waals surface area contributed by atoms with Crippen molar-refractivity contribution in [3.63, 3.8) is 0 Å². The second-order valence-corrected chi connectivity index (χ2v) is 6.42. The van der Waals surface area contributed by atoms with Gasteiger partial charge >= 0.3 is 0 Å². The molecule has 0 aliphatic carbocycles. The second kappa shape index (κ2) is 7.70. The number of carbonyl (C=O) groups excluding carboxylic acids is 1. The lowest BCUT2D eigenvalue weighted by atomic mass is 10.0. The molecule has 0 aliphatic rings. The average molecular weight is 372 g/mol. The van der Waals surface area contributed by atoms with E-state index in [0.717, 1.165) is 40.4 Å². The van der Waals surface area contributed by atoms with Crippen LogP contribution in [0.5, 0.6) is 0 Å². The molecule has 0 saturated carbocycles. The number of carbonyl (C=O) groups is 1. The number of H-pyrrole nitrogens is 1. The van der Waals surface area contributed by atoms with Gasteiger partial charge in [-0.05, 0) is 61.2 Å². The minimum Gasteiger partial charge on any atom is -0.356 e. The number of aromatic amines is 1. The average Bonchev–Trinajstić information content (AvgIpc) is 2.93. The molecule has 0 aliphatic heterocycles. The molecule has 140 valence electrons. The van der Waals surface area contributed by atoms with Crippen LogP contribution in [-0.2, 0) is 11.2 Å². The van der Waals surface area contributed by atoms with Gasteiger partial charge in [-0.15, -0.1) is 0 Å². The first-order chi connectivity index (χ1) is 12.8. The standard InChI is InChI=1S/C21H19F3N2O/c1-12-3-5-18(24)21-20(12)17(13(2)26-21)7-8-25-19(27)6-4-14-9-15(22)11-16(23)10-14/h3-6,9-11,26H,7-8H2,1-2H3,(H,25,27). The van der Waals surface area contributed by atoms with Crippen LogP contribution < -0.4 is 5.32 Å². The smallest absolute Gasteiger partial charge is 0.244 e. The molecule has 1 amide bonds. The Morgan fingerprint density at radius 2 is 1.81 bits per heavy atom. The highest BCUT2D eigenvalue weighted by atomic mass is 19.1. The predicted molar refractivity (Wildman–Crippen MR) is 99.8 cm³/mol. The lowest BCUT2D eigenvalue weighted by molar-refractivity contribution is -0.116. The third kappa shape index (κ3) is 4.22. The first-order valence-corrected chi connectivity index (χ1v) is 8.53. The maximum absolute atomic E-state index is 14.0. The Hall–Kier alpha value is -3.02. The van der Waals surface area contributed by atoms with Crippen LogP contribution in [0.25, 0.3) is 17.0 Å². The summed E-state index contributed by atoms with van der Waals surface area (Å²) in [6.07, 6.45) is 3.10. The molecular formula is C21H19F3N2O. The Bertz CT molecular complexity index is 1020. The molecule has 0 bridgehead atoms. The molecule has 3 rings (SSSR count). The zero-order valence-electron chi connectivity index (χ0n) is 15.0. The van der Waals surface area contributed by atoms with E-state index in [4.69, 9.17) is 0 Å². The van der Waals surface area contributed by atoms with Gasteiger partial charge in [0.2, 0.25) is 5.91 Å². The van der Waals surface area contributed by atoms with E-state index in [-0.39, 0.29) is 17.3 Å². The summed E-state index contributed by atoms with van der Waals surface area (Å²) in [5, 5.41) is 3.57. The largest absolute Gasteiger partial charge is 0.356 e. The molecular weight excluding hydrogens is 353 g/mol. The molecule has 2 N–H and O–H groups in total. The minimum absolute atomic E-state index is 0.265. The summed E-state index contributed by atoms with van der Waals surface area (Å²) in [6, 6.07) is 6.21. The molecule has 0 saturated heterocycles. The Balaban J connectivity index is 1.65. The zero-order valence-corrected chi connectivity index (χ0v) is 15.0. The van der Waals surface area contributed by atoms with Crippen molar-refractivity contribution in [3.05, 3.63) is 76.2 Å². The van der Waals surface area contributed by atoms with E-state index in [0.29, 0.717) is 18.5 Å². The van der Waals surface area contributed by atoms with E-state index in [1.54, 1.807) is 6.07 Å². The lowest BCUT2D eigenvalue weighted by Crippen LogP contribution is -2.23. The van der Waals surface area contributed by atoms with Gasteiger partial charge in [0.25, 0.3) is 0 Å². The molecule has 1 aromatic heterocycles. The number of hydrogen-bond donors (Lipinski definition) is 2. The van der Waals surface area contributed by atoms with Gasteiger partial charge in [0.1, 0.15) is 17.5 Å². The van der Waals surface area contributed by atoms with E-state index >= 15 is 0 Å². The van der Waals surface area contributed by atoms with Crippen molar-refractivity contribution in [2.75, 3.05) is 6.54 Å². The number of amides is 1. The molecule has 1 heterocycles. The first kappa shape index (κ1) is 18.8. The summed E-state index contributed by atoms with van der Waals surface area (Å²) in [5.41, 5.74) is 3.52. The summed E-state index contributed by atoms with van der Waals surface area (Å²) in [7, 11) is 0. The third-order valence-electron chi connectivity index (χ3n) is 4.42. The number of rotatable bonds is 5. The minimum atomic E-state index is -0.701. The van der Waals surface area contributed by atoms with Crippen LogP contribution in [-0.4, -0.2) is 17.4 Å². The predicted octanol–water partition coefficient (Wildman–Crippen LogP) is 4.57. The van der Waals surface area contributed by atoms with Crippen molar-refractivity contribution < 1.29 is 18.0 Å². The molecule has 3 aromatic rings. The van der Waals surface area contributed by atoms with Crippen molar-refractivity contribution >= 4 is 22.9 Å². The van der Waals surface area contributed by atoms with E-state index in [1.807, 2.05) is 13.8 Å². The van der Waals surface area contributed by atoms with Gasteiger partial charge in [-0.25, -0.2) is 13.2 Å². The highest BCUT2D eigenvalue weighted by Crippen LogP contribution is 2.27. The fraction of sp³-hybridized carbons (Fsp3) is 0.190. The molecule has 2 aromatic carbocycles. The number of hydrogen-bond acceptors (Lipinski definition) is 1. The Morgan fingerprint density at radius 3 is 2.52 bits per heavy atom. The van der Waals surface area contributed by atoms with Gasteiger partial charge in [-0.3, -0.25) is 4.79 Å². The quantitative estimate of drug-likeness (QED) is 0.633. The summed E-state index contributed by atoms with van der Waals surface area (Å²) in [4.78, 5) is 15.0. The number of fused-ring (bicyclic) bond motifs is 1. The van der Waals surface area contributed by atoms with Crippen molar-refractivity contribution in [1.82, 2.24) is 10.3 Å². The number of aromatic nitrogens is 1. The number of nitrogens with one attached hydrogen (secondary N) is 2. The van der Waals surface area contributed by atoms with Crippen molar-refractivity contribution in [1.29, 1.82) is 0 Å². The van der Waals surface area contributed by atoms with Crippen LogP contribution in [0.4, 0.5) is 13.2 Å². The normalized spacial score (nSPS) is 11.4. The first-order valence-electron chi connectivity index (χ1n) is 8.53. The molecule has 0 unspecified atom stereocenters. The molecule has 27 heavy (non-hydrogen) atoms. The Labute approximate surface area is 154 Å². The van der Waals surface area contributed by atoms with Crippen LogP contribution in [0.3, 0.4) is 0 Å². The third-order valence-corrected chi connectivity index (χ3v) is 4.42. The number of benzene rings is 2. The van der Waals surface area contributed by atoms with E-state index < -0.39 is 11.6 Å². The van der Waals surface area contributed by atoms with Gasteiger partial charge in [-0.1, -0.05) is 6.07 Å². The van der Waals surface area contributed by atoms with Crippen LogP contribution in [0, 0.1) is 31.3 Å². The summed E-state index contributed by atoms with van der Waals surface area (Å²) >= 11 is 0. The highest BCUT2D eigenvalue weighted by Gasteiger charge is 2.13. The van der Waals surface area contributed by atoms with Crippen molar-refractivity contribution in [2.45, 2.75) is 20.3 Å². The maximum Gasteiger partial charge on any atom is 0.244 e. The molecule has 0 spiro atoms. The number of halogens is 3. The lowest BCUT2D eigenvalue weighted by Gasteiger charge is -2.05. The van der Waals surface area contributed by atoms with Crippen LogP contribution >= 0.6 is 0 Å². The van der Waals surface area contributed by atoms with Gasteiger partial charge in [-0.2, -0.15) is 0 Å². The summed E-state index contributed by atoms with van der Waals surface area (Å²) in [6.45, 7) is 4.14. The monoisotopic (exact) mass is 372 g/mol. The molecule has 3 nitrogen and oxygen atoms in total. The zero-order chi connectivity index (χ0) is 19.6. The Kier molecular flexibility index (Phi) is 5.35. The molecule has 0 radical (unpaired) electrons.